The van der Waals surface area contributed by atoms with E-state index in [-0.39, 0.29) is 5.82 Å². The van der Waals surface area contributed by atoms with E-state index in [0.717, 1.165) is 29.6 Å². The van der Waals surface area contributed by atoms with Gasteiger partial charge in [0.25, 0.3) is 0 Å². The second kappa shape index (κ2) is 13.6. The maximum absolute atomic E-state index is 5.83. The molecule has 0 unspecified atom stereocenters. The molecule has 2 N–H and O–H groups in total. The highest BCUT2D eigenvalue weighted by Crippen LogP contribution is 2.26. The van der Waals surface area contributed by atoms with Crippen molar-refractivity contribution in [3.05, 3.63) is 42.4 Å². The molecule has 0 saturated carbocycles. The van der Waals surface area contributed by atoms with Crippen LogP contribution in [0.1, 0.15) is 19.8 Å². The van der Waals surface area contributed by atoms with E-state index in [2.05, 4.69) is 45.3 Å². The van der Waals surface area contributed by atoms with Crippen LogP contribution in [0.4, 0.5) is 5.82 Å². The fraction of sp³-hybridized carbons (Fsp3) is 0.364. The molecule has 9 nitrogen and oxygen atoms in total. The van der Waals surface area contributed by atoms with Gasteiger partial charge in [0.15, 0.2) is 17.3 Å². The summed E-state index contributed by atoms with van der Waals surface area (Å²) in [6, 6.07) is 1.91. The van der Waals surface area contributed by atoms with Crippen LogP contribution in [0.25, 0.3) is 22.6 Å². The average Bonchev–Trinajstić information content (AvgIpc) is 3.35. The molecule has 0 aliphatic carbocycles. The van der Waals surface area contributed by atoms with Gasteiger partial charge in [-0.05, 0) is 56.9 Å². The third-order valence-electron chi connectivity index (χ3n) is 3.87. The van der Waals surface area contributed by atoms with Gasteiger partial charge in [-0.15, -0.1) is 12.8 Å². The van der Waals surface area contributed by atoms with Crippen molar-refractivity contribution in [1.29, 1.82) is 0 Å². The Morgan fingerprint density at radius 3 is 2.55 bits per heavy atom. The first-order valence-corrected chi connectivity index (χ1v) is 9.65. The lowest BCUT2D eigenvalue weighted by atomic mass is 10.2. The zero-order valence-electron chi connectivity index (χ0n) is 18.8. The molecule has 3 aromatic rings. The highest BCUT2D eigenvalue weighted by atomic mass is 16.6. The number of nitrogens with two attached hydrogens (primary N) is 1. The second-order valence-electron chi connectivity index (χ2n) is 6.72. The van der Waals surface area contributed by atoms with E-state index in [9.17, 15) is 0 Å². The van der Waals surface area contributed by atoms with Crippen LogP contribution in [-0.4, -0.2) is 58.0 Å². The van der Waals surface area contributed by atoms with Crippen LogP contribution >= 0.6 is 0 Å². The van der Waals surface area contributed by atoms with Crippen molar-refractivity contribution in [2.75, 3.05) is 34.0 Å². The summed E-state index contributed by atoms with van der Waals surface area (Å²) < 4.78 is 12.0. The molecule has 9 heteroatoms. The molecule has 0 radical (unpaired) electrons. The van der Waals surface area contributed by atoms with Crippen molar-refractivity contribution in [1.82, 2.24) is 29.7 Å². The summed E-state index contributed by atoms with van der Waals surface area (Å²) in [7, 11) is 7.69. The van der Waals surface area contributed by atoms with E-state index in [1.165, 1.54) is 0 Å². The first-order chi connectivity index (χ1) is 15.0. The molecule has 0 aromatic carbocycles. The largest absolute Gasteiger partial charge is 0.501 e. The van der Waals surface area contributed by atoms with Gasteiger partial charge in [-0.1, -0.05) is 12.2 Å². The van der Waals surface area contributed by atoms with Gasteiger partial charge in [0.2, 0.25) is 0 Å². The van der Waals surface area contributed by atoms with Gasteiger partial charge in [-0.25, -0.2) is 9.61 Å². The summed E-state index contributed by atoms with van der Waals surface area (Å²) in [5.41, 5.74) is 7.97. The van der Waals surface area contributed by atoms with Crippen molar-refractivity contribution < 1.29 is 9.37 Å². The molecular weight excluding hydrogens is 394 g/mol. The summed E-state index contributed by atoms with van der Waals surface area (Å²) >= 11 is 0. The highest BCUT2D eigenvalue weighted by Gasteiger charge is 2.18. The van der Waals surface area contributed by atoms with Crippen LogP contribution in [0, 0.1) is 12.8 Å². The predicted octanol–water partition coefficient (Wildman–Crippen LogP) is 3.38. The first-order valence-electron chi connectivity index (χ1n) is 9.65. The third-order valence-corrected chi connectivity index (χ3v) is 3.87. The lowest BCUT2D eigenvalue weighted by Gasteiger charge is -2.05. The van der Waals surface area contributed by atoms with E-state index in [1.54, 1.807) is 19.5 Å². The number of nitrogen functional groups attached to an aromatic ring is 1. The molecule has 0 bridgehead atoms. The van der Waals surface area contributed by atoms with Crippen LogP contribution in [-0.2, 0) is 11.3 Å². The van der Waals surface area contributed by atoms with Gasteiger partial charge in [0.05, 0.1) is 24.6 Å². The lowest BCUT2D eigenvalue weighted by molar-refractivity contribution is 0.277. The van der Waals surface area contributed by atoms with Crippen molar-refractivity contribution >= 4 is 16.9 Å². The molecule has 31 heavy (non-hydrogen) atoms. The monoisotopic (exact) mass is 425 g/mol. The maximum Gasteiger partial charge on any atom is 0.199 e. The number of ether oxygens (including phenoxy) is 1. The Bertz CT molecular complexity index is 997. The summed E-state index contributed by atoms with van der Waals surface area (Å²) in [6.07, 6.45) is 19.4. The average molecular weight is 426 g/mol. The Morgan fingerprint density at radius 2 is 1.97 bits per heavy atom. The van der Waals surface area contributed by atoms with Gasteiger partial charge >= 0.3 is 0 Å². The number of anilines is 1. The number of fused-ring (bicyclic) bond motifs is 1. The van der Waals surface area contributed by atoms with Gasteiger partial charge in [0.1, 0.15) is 5.52 Å². The normalized spacial score (nSPS) is 11.2. The van der Waals surface area contributed by atoms with Crippen molar-refractivity contribution in [2.45, 2.75) is 26.3 Å². The van der Waals surface area contributed by atoms with Crippen molar-refractivity contribution in [3.8, 4) is 24.4 Å². The second-order valence-corrected chi connectivity index (χ2v) is 6.72. The zero-order chi connectivity index (χ0) is 23.2. The minimum Gasteiger partial charge on any atom is -0.501 e. The first kappa shape index (κ1) is 25.4. The quantitative estimate of drug-likeness (QED) is 0.349. The highest BCUT2D eigenvalue weighted by molar-refractivity contribution is 5.80. The number of nitrogens with zero attached hydrogens (tertiary/aromatic N) is 6. The Balaban J connectivity index is 0.000000720. The molecule has 0 fully saturated rings. The number of terminal acetylenes is 1. The third kappa shape index (κ3) is 7.60. The van der Waals surface area contributed by atoms with Crippen LogP contribution in [0.5, 0.6) is 0 Å². The van der Waals surface area contributed by atoms with E-state index in [4.69, 9.17) is 15.1 Å². The standard InChI is InChI=1S/C17H20N6O2.C3H9N.C2H2/c1-3-12(24-2)7-5-4-6-10-23-14-8-9-19-11-13(14)20-17(23)15-16(18)22-25-21-15;1-4(2)3;1-2/h3-4,6,8-9,11H,5,7,10H2,1-2H3,(H2,18,22);1-3H3;1-2H/b6-4-,12-3+;;. The Kier molecular flexibility index (Phi) is 11.1. The number of hydrogen-bond acceptors (Lipinski definition) is 8. The molecule has 0 aliphatic heterocycles. The Hall–Kier alpha value is -3.64. The van der Waals surface area contributed by atoms with Crippen LogP contribution in [0.3, 0.4) is 0 Å². The minimum atomic E-state index is 0.214. The summed E-state index contributed by atoms with van der Waals surface area (Å²) in [5.74, 6) is 1.80. The van der Waals surface area contributed by atoms with E-state index < -0.39 is 0 Å². The number of methoxy groups -OCH3 is 1. The molecule has 166 valence electrons. The fourth-order valence-corrected chi connectivity index (χ4v) is 2.59. The van der Waals surface area contributed by atoms with E-state index in [0.29, 0.717) is 18.1 Å². The molecule has 3 rings (SSSR count). The molecule has 3 aromatic heterocycles. The van der Waals surface area contributed by atoms with Gasteiger partial charge in [-0.3, -0.25) is 4.98 Å². The molecule has 0 saturated heterocycles. The summed E-state index contributed by atoms with van der Waals surface area (Å²) in [6.45, 7) is 2.59. The van der Waals surface area contributed by atoms with Crippen molar-refractivity contribution in [3.63, 3.8) is 0 Å². The summed E-state index contributed by atoms with van der Waals surface area (Å²) in [4.78, 5) is 10.7. The van der Waals surface area contributed by atoms with Crippen LogP contribution in [0.15, 0.2) is 47.1 Å². The molecule has 0 amide bonds. The maximum atomic E-state index is 5.83. The van der Waals surface area contributed by atoms with Crippen LogP contribution < -0.4 is 5.73 Å². The molecule has 3 heterocycles. The molecule has 0 aliphatic rings. The zero-order valence-corrected chi connectivity index (χ0v) is 18.8. The molecule has 0 spiro atoms. The minimum absolute atomic E-state index is 0.214. The number of pyridine rings is 1. The smallest absolute Gasteiger partial charge is 0.199 e. The van der Waals surface area contributed by atoms with Gasteiger partial charge < -0.3 is 19.9 Å². The summed E-state index contributed by atoms with van der Waals surface area (Å²) in [5, 5.41) is 7.51. The SMILES string of the molecule is C#C.C/C=C(\CC/C=C\Cn1c(-c2nonc2N)nc2cnccc21)OC.CN(C)C. The van der Waals surface area contributed by atoms with E-state index >= 15 is 0 Å². The Morgan fingerprint density at radius 1 is 1.26 bits per heavy atom. The predicted molar refractivity (Wildman–Crippen MR) is 124 cm³/mol. The Labute approximate surface area is 183 Å². The van der Waals surface area contributed by atoms with Crippen molar-refractivity contribution in [2.24, 2.45) is 0 Å². The van der Waals surface area contributed by atoms with Crippen LogP contribution in [0.2, 0.25) is 0 Å². The van der Waals surface area contributed by atoms with Gasteiger partial charge in [0, 0.05) is 19.2 Å². The van der Waals surface area contributed by atoms with E-state index in [1.807, 2.05) is 49.7 Å². The lowest BCUT2D eigenvalue weighted by Crippen LogP contribution is -2.01. The number of hydrogen-bond donors (Lipinski definition) is 1. The number of aromatic nitrogens is 5. The molecule has 0 atom stereocenters. The number of imidazole rings is 1. The topological polar surface area (TPSA) is 108 Å². The van der Waals surface area contributed by atoms with Gasteiger partial charge in [-0.2, -0.15) is 0 Å². The fourth-order valence-electron chi connectivity index (χ4n) is 2.59. The number of rotatable bonds is 7. The number of allylic oxidation sites excluding steroid dienone is 4. The molecular formula is C22H31N7O2.